The lowest BCUT2D eigenvalue weighted by Crippen LogP contribution is -2.52. The average Bonchev–Trinajstić information content (AvgIpc) is 2.96. The highest BCUT2D eigenvalue weighted by atomic mass is 32.2. The molecule has 1 saturated heterocycles. The molecule has 2 aromatic rings. The predicted octanol–water partition coefficient (Wildman–Crippen LogP) is 2.60. The largest absolute Gasteiger partial charge is 0.377 e. The minimum absolute atomic E-state index is 0.140. The summed E-state index contributed by atoms with van der Waals surface area (Å²) >= 11 is 1.57. The van der Waals surface area contributed by atoms with E-state index in [1.165, 1.54) is 0 Å². The Morgan fingerprint density at radius 1 is 1.20 bits per heavy atom. The number of nitrogens with zero attached hydrogens (tertiary/aromatic N) is 4. The molecular formula is C18H24N4O2S. The Morgan fingerprint density at radius 3 is 2.56 bits per heavy atom. The molecule has 0 N–H and O–H groups in total. The Bertz CT molecular complexity index is 709. The molecule has 0 aliphatic carbocycles. The molecule has 6 nitrogen and oxygen atoms in total. The van der Waals surface area contributed by atoms with Crippen molar-refractivity contribution < 1.29 is 9.53 Å². The van der Waals surface area contributed by atoms with Crippen molar-refractivity contribution in [3.8, 4) is 11.4 Å². The highest BCUT2D eigenvalue weighted by Gasteiger charge is 2.29. The molecule has 1 aromatic carbocycles. The maximum Gasteiger partial charge on any atom is 0.224 e. The molecule has 2 heterocycles. The molecule has 0 radical (unpaired) electrons. The van der Waals surface area contributed by atoms with Crippen molar-refractivity contribution >= 4 is 17.7 Å². The van der Waals surface area contributed by atoms with Crippen LogP contribution in [-0.2, 0) is 16.6 Å². The van der Waals surface area contributed by atoms with Crippen molar-refractivity contribution in [1.82, 2.24) is 19.7 Å². The summed E-state index contributed by atoms with van der Waals surface area (Å²) in [5.41, 5.74) is 1.04. The topological polar surface area (TPSA) is 60.2 Å². The molecule has 7 heteroatoms. The molecule has 1 amide bonds. The fraction of sp³-hybridized carbons (Fsp3) is 0.500. The third kappa shape index (κ3) is 4.04. The normalized spacial score (nSPS) is 20.7. The number of aromatic nitrogens is 3. The van der Waals surface area contributed by atoms with Crippen LogP contribution in [0.2, 0.25) is 0 Å². The fourth-order valence-electron chi connectivity index (χ4n) is 3.13. The minimum Gasteiger partial charge on any atom is -0.377 e. The first-order valence-corrected chi connectivity index (χ1v) is 9.53. The van der Waals surface area contributed by atoms with Gasteiger partial charge < -0.3 is 14.2 Å². The molecular weight excluding hydrogens is 336 g/mol. The molecule has 1 aromatic heterocycles. The van der Waals surface area contributed by atoms with E-state index in [9.17, 15) is 4.79 Å². The Labute approximate surface area is 152 Å². The van der Waals surface area contributed by atoms with Crippen LogP contribution in [0.25, 0.3) is 11.4 Å². The van der Waals surface area contributed by atoms with E-state index in [-0.39, 0.29) is 18.0 Å². The summed E-state index contributed by atoms with van der Waals surface area (Å²) in [6.45, 7) is 5.31. The van der Waals surface area contributed by atoms with Gasteiger partial charge in [0.2, 0.25) is 5.91 Å². The SMILES string of the molecule is CC1COCC(C)N1C(=O)CCSc1nnc(-c2ccccc2)n1C. The molecule has 1 aliphatic heterocycles. The Hall–Kier alpha value is -1.86. The van der Waals surface area contributed by atoms with E-state index in [0.717, 1.165) is 16.5 Å². The highest BCUT2D eigenvalue weighted by molar-refractivity contribution is 7.99. The average molecular weight is 360 g/mol. The number of benzene rings is 1. The lowest BCUT2D eigenvalue weighted by atomic mass is 10.1. The van der Waals surface area contributed by atoms with E-state index in [2.05, 4.69) is 10.2 Å². The van der Waals surface area contributed by atoms with Crippen LogP contribution in [0.3, 0.4) is 0 Å². The van der Waals surface area contributed by atoms with Gasteiger partial charge >= 0.3 is 0 Å². The van der Waals surface area contributed by atoms with Crippen molar-refractivity contribution in [1.29, 1.82) is 0 Å². The summed E-state index contributed by atoms with van der Waals surface area (Å²) < 4.78 is 7.46. The highest BCUT2D eigenvalue weighted by Crippen LogP contribution is 2.23. The minimum atomic E-state index is 0.140. The Balaban J connectivity index is 1.58. The van der Waals surface area contributed by atoms with Crippen LogP contribution in [0, 0.1) is 0 Å². The second kappa shape index (κ2) is 8.01. The molecule has 1 aliphatic rings. The van der Waals surface area contributed by atoms with E-state index in [1.807, 2.05) is 60.7 Å². The second-order valence-electron chi connectivity index (χ2n) is 6.37. The molecule has 0 saturated carbocycles. The monoisotopic (exact) mass is 360 g/mol. The summed E-state index contributed by atoms with van der Waals surface area (Å²) in [6, 6.07) is 10.3. The van der Waals surface area contributed by atoms with Crippen LogP contribution >= 0.6 is 11.8 Å². The number of ether oxygens (including phenoxy) is 1. The van der Waals surface area contributed by atoms with Gasteiger partial charge in [-0.3, -0.25) is 4.79 Å². The summed E-state index contributed by atoms with van der Waals surface area (Å²) in [6.07, 6.45) is 0.493. The second-order valence-corrected chi connectivity index (χ2v) is 7.43. The third-order valence-corrected chi connectivity index (χ3v) is 5.39. The van der Waals surface area contributed by atoms with Crippen molar-refractivity contribution in [2.45, 2.75) is 37.5 Å². The zero-order valence-corrected chi connectivity index (χ0v) is 15.7. The molecule has 25 heavy (non-hydrogen) atoms. The molecule has 0 bridgehead atoms. The molecule has 2 unspecified atom stereocenters. The van der Waals surface area contributed by atoms with Gasteiger partial charge in [-0.2, -0.15) is 0 Å². The molecule has 134 valence electrons. The van der Waals surface area contributed by atoms with Gasteiger partial charge in [-0.25, -0.2) is 0 Å². The first kappa shape index (κ1) is 17.9. The summed E-state index contributed by atoms with van der Waals surface area (Å²) in [5.74, 6) is 1.71. The van der Waals surface area contributed by atoms with Crippen molar-refractivity contribution in [2.24, 2.45) is 7.05 Å². The fourth-order valence-corrected chi connectivity index (χ4v) is 3.97. The van der Waals surface area contributed by atoms with Crippen LogP contribution in [0.15, 0.2) is 35.5 Å². The lowest BCUT2D eigenvalue weighted by molar-refractivity contribution is -0.143. The third-order valence-electron chi connectivity index (χ3n) is 4.37. The molecule has 3 rings (SSSR count). The number of thioether (sulfide) groups is 1. The van der Waals surface area contributed by atoms with E-state index in [0.29, 0.717) is 25.4 Å². The van der Waals surface area contributed by atoms with Gasteiger partial charge in [-0.1, -0.05) is 42.1 Å². The number of morpholine rings is 1. The van der Waals surface area contributed by atoms with Gasteiger partial charge in [0, 0.05) is 24.8 Å². The number of carbonyl (C=O) groups is 1. The van der Waals surface area contributed by atoms with Crippen molar-refractivity contribution in [3.05, 3.63) is 30.3 Å². The standard InChI is InChI=1S/C18H24N4O2S/c1-13-11-24-12-14(2)22(13)16(23)9-10-25-18-20-19-17(21(18)3)15-7-5-4-6-8-15/h4-8,13-14H,9-12H2,1-3H3. The van der Waals surface area contributed by atoms with Crippen LogP contribution in [0.4, 0.5) is 0 Å². The van der Waals surface area contributed by atoms with Crippen LogP contribution in [0.5, 0.6) is 0 Å². The molecule has 0 spiro atoms. The van der Waals surface area contributed by atoms with E-state index >= 15 is 0 Å². The van der Waals surface area contributed by atoms with Gasteiger partial charge in [0.05, 0.1) is 25.3 Å². The first-order valence-electron chi connectivity index (χ1n) is 8.54. The first-order chi connectivity index (χ1) is 12.1. The Morgan fingerprint density at radius 2 is 1.88 bits per heavy atom. The summed E-state index contributed by atoms with van der Waals surface area (Å²) in [7, 11) is 1.96. The van der Waals surface area contributed by atoms with Crippen LogP contribution in [-0.4, -0.2) is 56.6 Å². The van der Waals surface area contributed by atoms with Crippen LogP contribution < -0.4 is 0 Å². The number of amides is 1. The maximum atomic E-state index is 12.5. The zero-order valence-electron chi connectivity index (χ0n) is 14.9. The van der Waals surface area contributed by atoms with Gasteiger partial charge in [-0.15, -0.1) is 10.2 Å². The van der Waals surface area contributed by atoms with Crippen LogP contribution in [0.1, 0.15) is 20.3 Å². The van der Waals surface area contributed by atoms with Gasteiger partial charge in [0.1, 0.15) is 0 Å². The summed E-state index contributed by atoms with van der Waals surface area (Å²) in [4.78, 5) is 14.5. The number of carbonyl (C=O) groups excluding carboxylic acids is 1. The predicted molar refractivity (Wildman–Crippen MR) is 98.4 cm³/mol. The maximum absolute atomic E-state index is 12.5. The van der Waals surface area contributed by atoms with Gasteiger partial charge in [-0.05, 0) is 13.8 Å². The van der Waals surface area contributed by atoms with Gasteiger partial charge in [0.25, 0.3) is 0 Å². The Kier molecular flexibility index (Phi) is 5.75. The van der Waals surface area contributed by atoms with Crippen molar-refractivity contribution in [3.63, 3.8) is 0 Å². The van der Waals surface area contributed by atoms with E-state index < -0.39 is 0 Å². The van der Waals surface area contributed by atoms with Gasteiger partial charge in [0.15, 0.2) is 11.0 Å². The molecule has 1 fully saturated rings. The summed E-state index contributed by atoms with van der Waals surface area (Å²) in [5, 5.41) is 9.37. The van der Waals surface area contributed by atoms with E-state index in [1.54, 1.807) is 11.8 Å². The lowest BCUT2D eigenvalue weighted by Gasteiger charge is -2.38. The molecule has 2 atom stereocenters. The number of rotatable bonds is 5. The number of hydrogen-bond acceptors (Lipinski definition) is 5. The smallest absolute Gasteiger partial charge is 0.224 e. The van der Waals surface area contributed by atoms with Crippen molar-refractivity contribution in [2.75, 3.05) is 19.0 Å². The number of hydrogen-bond donors (Lipinski definition) is 0. The zero-order chi connectivity index (χ0) is 17.8. The van der Waals surface area contributed by atoms with E-state index in [4.69, 9.17) is 4.74 Å². The quantitative estimate of drug-likeness (QED) is 0.767.